The molecule has 0 saturated heterocycles. The molecule has 1 aliphatic carbocycles. The van der Waals surface area contributed by atoms with Crippen molar-refractivity contribution in [3.63, 3.8) is 0 Å². The SMILES string of the molecule is CCCCCc1cc(O)c2c(c1)OC(C)(C)[C@@H]1CC[C@@](C)(F)CC21. The summed E-state index contributed by atoms with van der Waals surface area (Å²) in [6, 6.07) is 3.95. The molecule has 134 valence electrons. The first-order valence-electron chi connectivity index (χ1n) is 9.47. The van der Waals surface area contributed by atoms with Crippen LogP contribution in [-0.2, 0) is 6.42 Å². The number of phenols is 1. The van der Waals surface area contributed by atoms with Crippen molar-refractivity contribution in [1.29, 1.82) is 0 Å². The van der Waals surface area contributed by atoms with Crippen molar-refractivity contribution < 1.29 is 14.2 Å². The minimum atomic E-state index is -1.15. The summed E-state index contributed by atoms with van der Waals surface area (Å²) in [6.07, 6.45) is 6.29. The number of unbranched alkanes of at least 4 members (excludes halogenated alkanes) is 2. The van der Waals surface area contributed by atoms with Crippen molar-refractivity contribution in [2.45, 2.75) is 89.8 Å². The summed E-state index contributed by atoms with van der Waals surface area (Å²) >= 11 is 0. The number of alkyl halides is 1. The number of hydrogen-bond acceptors (Lipinski definition) is 2. The number of ether oxygens (including phenoxy) is 1. The Morgan fingerprint density at radius 2 is 2.00 bits per heavy atom. The van der Waals surface area contributed by atoms with Crippen LogP contribution in [0.25, 0.3) is 0 Å². The molecular weight excluding hydrogens is 303 g/mol. The molecule has 1 heterocycles. The van der Waals surface area contributed by atoms with Gasteiger partial charge in [0, 0.05) is 17.4 Å². The number of phenolic OH excluding ortho intramolecular Hbond substituents is 1. The average molecular weight is 334 g/mol. The normalized spacial score (nSPS) is 31.0. The van der Waals surface area contributed by atoms with E-state index in [1.807, 2.05) is 6.07 Å². The maximum absolute atomic E-state index is 14.7. The highest BCUT2D eigenvalue weighted by Gasteiger charge is 2.50. The Kier molecular flexibility index (Phi) is 4.57. The fourth-order valence-corrected chi connectivity index (χ4v) is 4.70. The van der Waals surface area contributed by atoms with E-state index in [4.69, 9.17) is 4.74 Å². The molecule has 0 amide bonds. The van der Waals surface area contributed by atoms with Gasteiger partial charge in [-0.25, -0.2) is 4.39 Å². The number of halogens is 1. The van der Waals surface area contributed by atoms with Crippen LogP contribution >= 0.6 is 0 Å². The van der Waals surface area contributed by atoms with Gasteiger partial charge >= 0.3 is 0 Å². The maximum Gasteiger partial charge on any atom is 0.127 e. The van der Waals surface area contributed by atoms with Gasteiger partial charge in [0.1, 0.15) is 22.8 Å². The molecule has 0 bridgehead atoms. The summed E-state index contributed by atoms with van der Waals surface area (Å²) in [6.45, 7) is 8.10. The lowest BCUT2D eigenvalue weighted by Gasteiger charge is -2.50. The largest absolute Gasteiger partial charge is 0.508 e. The molecule has 1 aliphatic heterocycles. The van der Waals surface area contributed by atoms with Gasteiger partial charge in [0.15, 0.2) is 0 Å². The Labute approximate surface area is 145 Å². The van der Waals surface area contributed by atoms with Gasteiger partial charge in [-0.15, -0.1) is 0 Å². The van der Waals surface area contributed by atoms with E-state index in [9.17, 15) is 9.50 Å². The van der Waals surface area contributed by atoms with Gasteiger partial charge in [0.05, 0.1) is 0 Å². The van der Waals surface area contributed by atoms with Crippen molar-refractivity contribution in [2.75, 3.05) is 0 Å². The number of hydrogen-bond donors (Lipinski definition) is 1. The molecule has 24 heavy (non-hydrogen) atoms. The first-order valence-corrected chi connectivity index (χ1v) is 9.47. The first-order chi connectivity index (χ1) is 11.2. The molecule has 3 heteroatoms. The minimum Gasteiger partial charge on any atom is -0.508 e. The number of aromatic hydroxyl groups is 1. The van der Waals surface area contributed by atoms with E-state index >= 15 is 0 Å². The van der Waals surface area contributed by atoms with Gasteiger partial charge in [-0.1, -0.05) is 19.8 Å². The second kappa shape index (κ2) is 6.24. The molecule has 0 aromatic heterocycles. The lowest BCUT2D eigenvalue weighted by molar-refractivity contribution is -0.0382. The third-order valence-electron chi connectivity index (χ3n) is 5.99. The zero-order valence-corrected chi connectivity index (χ0v) is 15.5. The topological polar surface area (TPSA) is 29.5 Å². The van der Waals surface area contributed by atoms with Crippen LogP contribution in [0.2, 0.25) is 0 Å². The summed E-state index contributed by atoms with van der Waals surface area (Å²) in [5, 5.41) is 10.7. The number of rotatable bonds is 4. The van der Waals surface area contributed by atoms with E-state index in [0.29, 0.717) is 18.6 Å². The molecule has 1 unspecified atom stereocenters. The lowest BCUT2D eigenvalue weighted by Crippen LogP contribution is -2.49. The van der Waals surface area contributed by atoms with Crippen LogP contribution < -0.4 is 4.74 Å². The molecule has 3 atom stereocenters. The first kappa shape index (κ1) is 17.6. The summed E-state index contributed by atoms with van der Waals surface area (Å²) in [4.78, 5) is 0. The number of aryl methyl sites for hydroxylation is 1. The van der Waals surface area contributed by atoms with Crippen LogP contribution in [0.3, 0.4) is 0 Å². The van der Waals surface area contributed by atoms with Crippen molar-refractivity contribution in [3.05, 3.63) is 23.3 Å². The summed E-state index contributed by atoms with van der Waals surface area (Å²) in [7, 11) is 0. The van der Waals surface area contributed by atoms with Gasteiger partial charge in [-0.2, -0.15) is 0 Å². The molecular formula is C21H31FO2. The quantitative estimate of drug-likeness (QED) is 0.694. The fraction of sp³-hybridized carbons (Fsp3) is 0.714. The molecule has 1 aromatic rings. The molecule has 0 spiro atoms. The highest BCUT2D eigenvalue weighted by molar-refractivity contribution is 5.52. The Morgan fingerprint density at radius 3 is 2.71 bits per heavy atom. The Balaban J connectivity index is 1.96. The second-order valence-electron chi connectivity index (χ2n) is 8.56. The maximum atomic E-state index is 14.7. The molecule has 1 aromatic carbocycles. The molecule has 2 aliphatic rings. The minimum absolute atomic E-state index is 0.0391. The van der Waals surface area contributed by atoms with Crippen LogP contribution in [-0.4, -0.2) is 16.4 Å². The van der Waals surface area contributed by atoms with E-state index in [1.165, 1.54) is 12.8 Å². The van der Waals surface area contributed by atoms with Gasteiger partial charge < -0.3 is 9.84 Å². The van der Waals surface area contributed by atoms with Gasteiger partial charge in [-0.05, 0) is 70.6 Å². The van der Waals surface area contributed by atoms with Gasteiger partial charge in [-0.3, -0.25) is 0 Å². The molecule has 3 rings (SSSR count). The average Bonchev–Trinajstić information content (AvgIpc) is 2.44. The predicted molar refractivity (Wildman–Crippen MR) is 95.6 cm³/mol. The van der Waals surface area contributed by atoms with Crippen molar-refractivity contribution in [2.24, 2.45) is 5.92 Å². The van der Waals surface area contributed by atoms with Gasteiger partial charge in [0.25, 0.3) is 0 Å². The monoisotopic (exact) mass is 334 g/mol. The standard InChI is InChI=1S/C21H31FO2/c1-5-6-7-8-14-11-17(23)19-15-13-21(4,22)10-9-16(15)20(2,3)24-18(19)12-14/h11-12,15-16,23H,5-10,13H2,1-4H3/t15?,16-,21-/m1/s1. The van der Waals surface area contributed by atoms with Crippen LogP contribution in [0, 0.1) is 5.92 Å². The van der Waals surface area contributed by atoms with E-state index in [2.05, 4.69) is 26.8 Å². The van der Waals surface area contributed by atoms with E-state index in [-0.39, 0.29) is 17.4 Å². The zero-order valence-electron chi connectivity index (χ0n) is 15.5. The van der Waals surface area contributed by atoms with E-state index in [1.54, 1.807) is 6.92 Å². The van der Waals surface area contributed by atoms with Gasteiger partial charge in [0.2, 0.25) is 0 Å². The Hall–Kier alpha value is -1.25. The summed E-state index contributed by atoms with van der Waals surface area (Å²) in [5.74, 6) is 1.36. The van der Waals surface area contributed by atoms with E-state index < -0.39 is 5.67 Å². The number of fused-ring (bicyclic) bond motifs is 3. The summed E-state index contributed by atoms with van der Waals surface area (Å²) < 4.78 is 21.0. The smallest absolute Gasteiger partial charge is 0.127 e. The second-order valence-corrected chi connectivity index (χ2v) is 8.56. The predicted octanol–water partition coefficient (Wildman–Crippen LogP) is 5.91. The molecule has 2 nitrogen and oxygen atoms in total. The highest BCUT2D eigenvalue weighted by Crippen LogP contribution is 2.56. The van der Waals surface area contributed by atoms with Crippen LogP contribution in [0.4, 0.5) is 4.39 Å². The van der Waals surface area contributed by atoms with E-state index in [0.717, 1.165) is 36.1 Å². The Bertz CT molecular complexity index is 606. The molecule has 1 N–H and O–H groups in total. The number of benzene rings is 1. The van der Waals surface area contributed by atoms with Crippen LogP contribution in [0.5, 0.6) is 11.5 Å². The van der Waals surface area contributed by atoms with Crippen LogP contribution in [0.1, 0.15) is 83.3 Å². The third kappa shape index (κ3) is 3.27. The van der Waals surface area contributed by atoms with Crippen molar-refractivity contribution in [1.82, 2.24) is 0 Å². The molecule has 1 fully saturated rings. The summed E-state index contributed by atoms with van der Waals surface area (Å²) in [5.41, 5.74) is 0.482. The van der Waals surface area contributed by atoms with Crippen LogP contribution in [0.15, 0.2) is 12.1 Å². The highest BCUT2D eigenvalue weighted by atomic mass is 19.1. The Morgan fingerprint density at radius 1 is 1.25 bits per heavy atom. The molecule has 0 radical (unpaired) electrons. The third-order valence-corrected chi connectivity index (χ3v) is 5.99. The fourth-order valence-electron chi connectivity index (χ4n) is 4.70. The van der Waals surface area contributed by atoms with Crippen molar-refractivity contribution in [3.8, 4) is 11.5 Å². The van der Waals surface area contributed by atoms with Crippen molar-refractivity contribution >= 4 is 0 Å². The molecule has 1 saturated carbocycles. The lowest BCUT2D eigenvalue weighted by atomic mass is 9.63. The zero-order chi connectivity index (χ0) is 17.5.